The number of nitrogens with one attached hydrogen (secondary N) is 2. The van der Waals surface area contributed by atoms with Crippen molar-refractivity contribution in [3.8, 4) is 12.3 Å². The topological polar surface area (TPSA) is 41.1 Å². The summed E-state index contributed by atoms with van der Waals surface area (Å²) < 4.78 is 0. The van der Waals surface area contributed by atoms with Crippen molar-refractivity contribution in [3.05, 3.63) is 30.3 Å². The lowest BCUT2D eigenvalue weighted by molar-refractivity contribution is -0.117. The Balaban J connectivity index is 2.23. The molecule has 0 saturated heterocycles. The minimum atomic E-state index is -0.198. The van der Waals surface area contributed by atoms with Gasteiger partial charge >= 0.3 is 0 Å². The van der Waals surface area contributed by atoms with Gasteiger partial charge in [-0.3, -0.25) is 4.79 Å². The molecule has 2 N–H and O–H groups in total. The molecular formula is C15H20N2O. The van der Waals surface area contributed by atoms with Crippen LogP contribution in [0.3, 0.4) is 0 Å². The molecule has 0 aliphatic carbocycles. The molecule has 1 amide bonds. The van der Waals surface area contributed by atoms with Gasteiger partial charge in [0, 0.05) is 12.1 Å². The van der Waals surface area contributed by atoms with Gasteiger partial charge in [-0.05, 0) is 38.4 Å². The van der Waals surface area contributed by atoms with Crippen LogP contribution in [-0.4, -0.2) is 18.5 Å². The molecule has 0 saturated carbocycles. The highest BCUT2D eigenvalue weighted by molar-refractivity contribution is 5.94. The molecule has 0 aliphatic heterocycles. The average molecular weight is 244 g/mol. The van der Waals surface area contributed by atoms with Gasteiger partial charge < -0.3 is 10.6 Å². The number of unbranched alkanes of at least 4 members (excludes halogenated alkanes) is 2. The number of amides is 1. The van der Waals surface area contributed by atoms with Crippen molar-refractivity contribution in [1.82, 2.24) is 5.32 Å². The number of anilines is 1. The molecule has 3 nitrogen and oxygen atoms in total. The third-order valence-electron chi connectivity index (χ3n) is 2.63. The van der Waals surface area contributed by atoms with Crippen molar-refractivity contribution in [1.29, 1.82) is 0 Å². The van der Waals surface area contributed by atoms with Gasteiger partial charge in [-0.1, -0.05) is 18.2 Å². The third kappa shape index (κ3) is 5.51. The number of carbonyl (C=O) groups is 1. The van der Waals surface area contributed by atoms with E-state index in [-0.39, 0.29) is 11.9 Å². The molecule has 0 spiro atoms. The van der Waals surface area contributed by atoms with Gasteiger partial charge in [-0.15, -0.1) is 12.3 Å². The Labute approximate surface area is 109 Å². The van der Waals surface area contributed by atoms with Crippen LogP contribution in [0.25, 0.3) is 0 Å². The fourth-order valence-electron chi connectivity index (χ4n) is 1.54. The maximum Gasteiger partial charge on any atom is 0.241 e. The molecule has 1 unspecified atom stereocenters. The highest BCUT2D eigenvalue weighted by Crippen LogP contribution is 2.05. The molecule has 1 aromatic rings. The van der Waals surface area contributed by atoms with Crippen LogP contribution in [-0.2, 0) is 4.79 Å². The van der Waals surface area contributed by atoms with Crippen LogP contribution < -0.4 is 10.6 Å². The van der Waals surface area contributed by atoms with E-state index in [1.807, 2.05) is 37.3 Å². The zero-order valence-electron chi connectivity index (χ0n) is 10.8. The van der Waals surface area contributed by atoms with Crippen LogP contribution in [0, 0.1) is 12.3 Å². The Hall–Kier alpha value is -1.79. The second kappa shape index (κ2) is 8.32. The molecule has 0 aromatic heterocycles. The molecule has 0 fully saturated rings. The van der Waals surface area contributed by atoms with E-state index in [1.54, 1.807) is 0 Å². The molecule has 0 bridgehead atoms. The number of terminal acetylenes is 1. The summed E-state index contributed by atoms with van der Waals surface area (Å²) in [5.74, 6) is 2.59. The van der Waals surface area contributed by atoms with E-state index in [1.165, 1.54) is 0 Å². The van der Waals surface area contributed by atoms with E-state index < -0.39 is 0 Å². The fraction of sp³-hybridized carbons (Fsp3) is 0.400. The smallest absolute Gasteiger partial charge is 0.241 e. The Bertz CT molecular complexity index is 395. The standard InChI is InChI=1S/C15H20N2O/c1-3-4-5-9-12-16-13(2)15(18)17-14-10-7-6-8-11-14/h1,6-8,10-11,13,16H,4-5,9,12H2,2H3,(H,17,18). The predicted molar refractivity (Wildman–Crippen MR) is 75.2 cm³/mol. The molecule has 0 heterocycles. The minimum Gasteiger partial charge on any atom is -0.325 e. The molecule has 1 rings (SSSR count). The van der Waals surface area contributed by atoms with Crippen molar-refractivity contribution in [3.63, 3.8) is 0 Å². The van der Waals surface area contributed by atoms with Crippen LogP contribution in [0.1, 0.15) is 26.2 Å². The second-order valence-corrected chi connectivity index (χ2v) is 4.19. The van der Waals surface area contributed by atoms with E-state index >= 15 is 0 Å². The number of rotatable bonds is 7. The summed E-state index contributed by atoms with van der Waals surface area (Å²) in [5, 5.41) is 6.04. The molecule has 96 valence electrons. The van der Waals surface area contributed by atoms with Crippen LogP contribution >= 0.6 is 0 Å². The van der Waals surface area contributed by atoms with E-state index in [9.17, 15) is 4.79 Å². The molecule has 0 radical (unpaired) electrons. The summed E-state index contributed by atoms with van der Waals surface area (Å²) >= 11 is 0. The third-order valence-corrected chi connectivity index (χ3v) is 2.63. The maximum absolute atomic E-state index is 11.8. The fourth-order valence-corrected chi connectivity index (χ4v) is 1.54. The van der Waals surface area contributed by atoms with Gasteiger partial charge in [0.15, 0.2) is 0 Å². The van der Waals surface area contributed by atoms with Gasteiger partial charge in [0.25, 0.3) is 0 Å². The summed E-state index contributed by atoms with van der Waals surface area (Å²) in [6, 6.07) is 9.26. The SMILES string of the molecule is C#CCCCCNC(C)C(=O)Nc1ccccc1. The lowest BCUT2D eigenvalue weighted by Gasteiger charge is -2.13. The van der Waals surface area contributed by atoms with Crippen LogP contribution in [0.5, 0.6) is 0 Å². The average Bonchev–Trinajstić information content (AvgIpc) is 2.39. The van der Waals surface area contributed by atoms with Gasteiger partial charge in [-0.25, -0.2) is 0 Å². The molecular weight excluding hydrogens is 224 g/mol. The van der Waals surface area contributed by atoms with E-state index in [4.69, 9.17) is 6.42 Å². The van der Waals surface area contributed by atoms with Crippen molar-refractivity contribution < 1.29 is 4.79 Å². The highest BCUT2D eigenvalue weighted by Gasteiger charge is 2.11. The van der Waals surface area contributed by atoms with Crippen molar-refractivity contribution in [2.75, 3.05) is 11.9 Å². The first-order valence-corrected chi connectivity index (χ1v) is 6.27. The van der Waals surface area contributed by atoms with Gasteiger partial charge in [0.2, 0.25) is 5.91 Å². The predicted octanol–water partition coefficient (Wildman–Crippen LogP) is 2.41. The first kappa shape index (κ1) is 14.3. The van der Waals surface area contributed by atoms with Crippen molar-refractivity contribution >= 4 is 11.6 Å². The Kier molecular flexibility index (Phi) is 6.60. The molecule has 18 heavy (non-hydrogen) atoms. The summed E-state index contributed by atoms with van der Waals surface area (Å²) in [6.07, 6.45) is 7.96. The summed E-state index contributed by atoms with van der Waals surface area (Å²) in [5.41, 5.74) is 0.823. The number of benzene rings is 1. The monoisotopic (exact) mass is 244 g/mol. The zero-order chi connectivity index (χ0) is 13.2. The van der Waals surface area contributed by atoms with Gasteiger partial charge in [-0.2, -0.15) is 0 Å². The second-order valence-electron chi connectivity index (χ2n) is 4.19. The van der Waals surface area contributed by atoms with Crippen molar-refractivity contribution in [2.45, 2.75) is 32.2 Å². The zero-order valence-corrected chi connectivity index (χ0v) is 10.8. The van der Waals surface area contributed by atoms with E-state index in [0.29, 0.717) is 0 Å². The molecule has 0 aliphatic rings. The molecule has 1 aromatic carbocycles. The normalized spacial score (nSPS) is 11.6. The lowest BCUT2D eigenvalue weighted by atomic mass is 10.2. The Morgan fingerprint density at radius 2 is 2.06 bits per heavy atom. The first-order valence-electron chi connectivity index (χ1n) is 6.27. The molecule has 3 heteroatoms. The van der Waals surface area contributed by atoms with Crippen LogP contribution in [0.15, 0.2) is 30.3 Å². The number of para-hydroxylation sites is 1. The summed E-state index contributed by atoms with van der Waals surface area (Å²) in [6.45, 7) is 2.67. The quantitative estimate of drug-likeness (QED) is 0.571. The van der Waals surface area contributed by atoms with Crippen LogP contribution in [0.2, 0.25) is 0 Å². The highest BCUT2D eigenvalue weighted by atomic mass is 16.2. The molecule has 1 atom stereocenters. The van der Waals surface area contributed by atoms with Crippen LogP contribution in [0.4, 0.5) is 5.69 Å². The minimum absolute atomic E-state index is 0.0156. The van der Waals surface area contributed by atoms with Gasteiger partial charge in [0.05, 0.1) is 6.04 Å². The number of carbonyl (C=O) groups excluding carboxylic acids is 1. The van der Waals surface area contributed by atoms with E-state index in [0.717, 1.165) is 31.5 Å². The Morgan fingerprint density at radius 1 is 1.33 bits per heavy atom. The summed E-state index contributed by atoms with van der Waals surface area (Å²) in [7, 11) is 0. The van der Waals surface area contributed by atoms with E-state index in [2.05, 4.69) is 16.6 Å². The first-order chi connectivity index (χ1) is 8.74. The Morgan fingerprint density at radius 3 is 2.72 bits per heavy atom. The largest absolute Gasteiger partial charge is 0.325 e. The van der Waals surface area contributed by atoms with Crippen molar-refractivity contribution in [2.24, 2.45) is 0 Å². The summed E-state index contributed by atoms with van der Waals surface area (Å²) in [4.78, 5) is 11.8. The van der Waals surface area contributed by atoms with Gasteiger partial charge in [0.1, 0.15) is 0 Å². The lowest BCUT2D eigenvalue weighted by Crippen LogP contribution is -2.38. The number of hydrogen-bond acceptors (Lipinski definition) is 2. The number of hydrogen-bond donors (Lipinski definition) is 2. The maximum atomic E-state index is 11.8.